The molecule has 2 aromatic heterocycles. The molecule has 0 aliphatic carbocycles. The molecule has 3 aromatic rings. The van der Waals surface area contributed by atoms with Gasteiger partial charge in [0.15, 0.2) is 11.5 Å². The zero-order chi connectivity index (χ0) is 11.8. The third kappa shape index (κ3) is 1.70. The lowest BCUT2D eigenvalue weighted by Crippen LogP contribution is -1.95. The smallest absolute Gasteiger partial charge is 0.192 e. The molecule has 0 fully saturated rings. The van der Waals surface area contributed by atoms with Crippen LogP contribution in [0.5, 0.6) is 0 Å². The van der Waals surface area contributed by atoms with E-state index in [0.29, 0.717) is 12.4 Å². The molecule has 1 aromatic carbocycles. The minimum absolute atomic E-state index is 0.457. The van der Waals surface area contributed by atoms with Crippen LogP contribution in [0.2, 0.25) is 0 Å². The van der Waals surface area contributed by atoms with Crippen LogP contribution < -0.4 is 5.73 Å². The summed E-state index contributed by atoms with van der Waals surface area (Å²) in [6.45, 7) is 2.29. The van der Waals surface area contributed by atoms with Crippen molar-refractivity contribution in [1.29, 1.82) is 0 Å². The molecule has 0 radical (unpaired) electrons. The normalized spacial score (nSPS) is 11.2. The lowest BCUT2D eigenvalue weighted by Gasteiger charge is -1.94. The number of nitrogens with one attached hydrogen (secondary N) is 1. The molecular weight excluding hydrogens is 216 g/mol. The van der Waals surface area contributed by atoms with Crippen LogP contribution >= 0.6 is 0 Å². The van der Waals surface area contributed by atoms with Crippen molar-refractivity contribution in [3.63, 3.8) is 0 Å². The highest BCUT2D eigenvalue weighted by Crippen LogP contribution is 2.23. The fourth-order valence-corrected chi connectivity index (χ4v) is 1.82. The van der Waals surface area contributed by atoms with Crippen molar-refractivity contribution in [2.24, 2.45) is 5.73 Å². The highest BCUT2D eigenvalue weighted by molar-refractivity contribution is 5.79. The molecule has 17 heavy (non-hydrogen) atoms. The van der Waals surface area contributed by atoms with Gasteiger partial charge in [-0.25, -0.2) is 4.98 Å². The van der Waals surface area contributed by atoms with Crippen LogP contribution in [0.3, 0.4) is 0 Å². The average molecular weight is 228 g/mol. The van der Waals surface area contributed by atoms with Gasteiger partial charge in [-0.15, -0.1) is 0 Å². The zero-order valence-electron chi connectivity index (χ0n) is 9.40. The number of fused-ring (bicyclic) bond motifs is 1. The first-order valence-electron chi connectivity index (χ1n) is 5.38. The van der Waals surface area contributed by atoms with Gasteiger partial charge in [-0.3, -0.25) is 5.10 Å². The molecule has 3 rings (SSSR count). The summed E-state index contributed by atoms with van der Waals surface area (Å²) in [5.74, 6) is 0.668. The maximum Gasteiger partial charge on any atom is 0.192 e. The molecule has 0 spiro atoms. The van der Waals surface area contributed by atoms with Gasteiger partial charge in [0.05, 0.1) is 5.69 Å². The maximum atomic E-state index is 5.54. The van der Waals surface area contributed by atoms with Gasteiger partial charge in [-0.2, -0.15) is 5.10 Å². The Hall–Kier alpha value is -2.14. The van der Waals surface area contributed by atoms with Crippen molar-refractivity contribution in [3.05, 3.63) is 35.9 Å². The molecule has 0 amide bonds. The van der Waals surface area contributed by atoms with Crippen LogP contribution in [-0.2, 0) is 6.54 Å². The first-order valence-corrected chi connectivity index (χ1v) is 5.38. The quantitative estimate of drug-likeness (QED) is 0.702. The van der Waals surface area contributed by atoms with Crippen LogP contribution in [0.1, 0.15) is 11.6 Å². The first kappa shape index (κ1) is 10.0. The number of rotatable bonds is 2. The second-order valence-corrected chi connectivity index (χ2v) is 3.90. The molecule has 0 unspecified atom stereocenters. The number of benzene rings is 1. The van der Waals surface area contributed by atoms with E-state index >= 15 is 0 Å². The summed E-state index contributed by atoms with van der Waals surface area (Å²) in [6, 6.07) is 7.77. The molecule has 0 saturated heterocycles. The van der Waals surface area contributed by atoms with Crippen molar-refractivity contribution >= 4 is 11.1 Å². The molecule has 3 N–H and O–H groups in total. The van der Waals surface area contributed by atoms with Crippen molar-refractivity contribution in [2.75, 3.05) is 0 Å². The second kappa shape index (κ2) is 3.71. The number of H-pyrrole nitrogens is 1. The third-order valence-corrected chi connectivity index (χ3v) is 2.64. The summed E-state index contributed by atoms with van der Waals surface area (Å²) in [7, 11) is 0. The van der Waals surface area contributed by atoms with E-state index in [0.717, 1.165) is 28.1 Å². The predicted molar refractivity (Wildman–Crippen MR) is 64.2 cm³/mol. The van der Waals surface area contributed by atoms with Gasteiger partial charge in [-0.05, 0) is 24.3 Å². The minimum atomic E-state index is 0.457. The van der Waals surface area contributed by atoms with Crippen LogP contribution in [0.4, 0.5) is 0 Å². The third-order valence-electron chi connectivity index (χ3n) is 2.64. The number of hydrogen-bond acceptors (Lipinski definition) is 4. The van der Waals surface area contributed by atoms with Crippen molar-refractivity contribution < 1.29 is 4.42 Å². The lowest BCUT2D eigenvalue weighted by molar-refractivity contribution is 0.561. The molecule has 2 heterocycles. The molecule has 0 atom stereocenters. The molecule has 0 aliphatic rings. The van der Waals surface area contributed by atoms with Crippen LogP contribution in [0.25, 0.3) is 22.4 Å². The van der Waals surface area contributed by atoms with Gasteiger partial charge in [0.1, 0.15) is 5.52 Å². The molecule has 0 saturated carbocycles. The van der Waals surface area contributed by atoms with Crippen LogP contribution in [-0.4, -0.2) is 15.2 Å². The number of aromatic amines is 1. The predicted octanol–water partition coefficient (Wildman–Crippen LogP) is 1.99. The highest BCUT2D eigenvalue weighted by atomic mass is 16.3. The molecular formula is C12H12N4O. The Morgan fingerprint density at radius 2 is 2.24 bits per heavy atom. The summed E-state index contributed by atoms with van der Waals surface area (Å²) in [6.07, 6.45) is 0. The Morgan fingerprint density at radius 1 is 1.35 bits per heavy atom. The fourth-order valence-electron chi connectivity index (χ4n) is 1.82. The largest absolute Gasteiger partial charge is 0.441 e. The van der Waals surface area contributed by atoms with Gasteiger partial charge in [-0.1, -0.05) is 0 Å². The Bertz CT molecular complexity index is 668. The van der Waals surface area contributed by atoms with Crippen LogP contribution in [0.15, 0.2) is 28.7 Å². The number of nitrogens with zero attached hydrogens (tertiary/aromatic N) is 2. The number of aromatic nitrogens is 3. The number of oxazole rings is 1. The number of nitrogens with two attached hydrogens (primary N) is 1. The average Bonchev–Trinajstić information content (AvgIpc) is 2.92. The van der Waals surface area contributed by atoms with E-state index in [9.17, 15) is 0 Å². The van der Waals surface area contributed by atoms with Gasteiger partial charge < -0.3 is 10.2 Å². The van der Waals surface area contributed by atoms with E-state index in [1.807, 2.05) is 31.2 Å². The Labute approximate surface area is 97.7 Å². The summed E-state index contributed by atoms with van der Waals surface area (Å²) >= 11 is 0. The Balaban J connectivity index is 2.10. The molecule has 5 nitrogen and oxygen atoms in total. The van der Waals surface area contributed by atoms with E-state index in [4.69, 9.17) is 10.2 Å². The first-order chi connectivity index (χ1) is 8.26. The Kier molecular flexibility index (Phi) is 2.19. The highest BCUT2D eigenvalue weighted by Gasteiger charge is 2.07. The maximum absolute atomic E-state index is 5.54. The standard InChI is InChI=1S/C12H12N4O/c1-7-14-11-4-8(2-3-12(11)17-7)10-5-9(6-13)15-16-10/h2-5H,6,13H2,1H3,(H,15,16). The Morgan fingerprint density at radius 3 is 3.00 bits per heavy atom. The molecule has 86 valence electrons. The van der Waals surface area contributed by atoms with E-state index in [-0.39, 0.29) is 0 Å². The van der Waals surface area contributed by atoms with Gasteiger partial charge in [0.2, 0.25) is 0 Å². The summed E-state index contributed by atoms with van der Waals surface area (Å²) in [5, 5.41) is 7.10. The fraction of sp³-hybridized carbons (Fsp3) is 0.167. The molecule has 5 heteroatoms. The van der Waals surface area contributed by atoms with E-state index in [1.54, 1.807) is 0 Å². The van der Waals surface area contributed by atoms with E-state index in [2.05, 4.69) is 15.2 Å². The summed E-state index contributed by atoms with van der Waals surface area (Å²) in [4.78, 5) is 4.30. The summed E-state index contributed by atoms with van der Waals surface area (Å²) in [5.41, 5.74) is 9.96. The zero-order valence-corrected chi connectivity index (χ0v) is 9.40. The monoisotopic (exact) mass is 228 g/mol. The topological polar surface area (TPSA) is 80.7 Å². The SMILES string of the molecule is Cc1nc2cc(-c3cc(CN)[nH]n3)ccc2o1. The van der Waals surface area contributed by atoms with E-state index in [1.165, 1.54) is 0 Å². The van der Waals surface area contributed by atoms with Gasteiger partial charge in [0.25, 0.3) is 0 Å². The number of hydrogen-bond donors (Lipinski definition) is 2. The van der Waals surface area contributed by atoms with Crippen molar-refractivity contribution in [3.8, 4) is 11.3 Å². The number of aryl methyl sites for hydroxylation is 1. The second-order valence-electron chi connectivity index (χ2n) is 3.90. The minimum Gasteiger partial charge on any atom is -0.441 e. The molecule has 0 aliphatic heterocycles. The van der Waals surface area contributed by atoms with Crippen LogP contribution in [0, 0.1) is 6.92 Å². The van der Waals surface area contributed by atoms with Gasteiger partial charge in [0, 0.05) is 24.7 Å². The van der Waals surface area contributed by atoms with Crippen molar-refractivity contribution in [2.45, 2.75) is 13.5 Å². The lowest BCUT2D eigenvalue weighted by atomic mass is 10.1. The van der Waals surface area contributed by atoms with Gasteiger partial charge >= 0.3 is 0 Å². The van der Waals surface area contributed by atoms with Crippen molar-refractivity contribution in [1.82, 2.24) is 15.2 Å². The summed E-state index contributed by atoms with van der Waals surface area (Å²) < 4.78 is 5.43. The molecule has 0 bridgehead atoms. The van der Waals surface area contributed by atoms with E-state index < -0.39 is 0 Å².